The molecule has 0 spiro atoms. The summed E-state index contributed by atoms with van der Waals surface area (Å²) in [5.41, 5.74) is 3.29. The van der Waals surface area contributed by atoms with Gasteiger partial charge < -0.3 is 4.52 Å². The van der Waals surface area contributed by atoms with Gasteiger partial charge in [0, 0.05) is 68.3 Å². The van der Waals surface area contributed by atoms with E-state index in [4.69, 9.17) is 9.51 Å². The van der Waals surface area contributed by atoms with Gasteiger partial charge in [-0.3, -0.25) is 19.9 Å². The van der Waals surface area contributed by atoms with Crippen LogP contribution in [0.5, 0.6) is 0 Å². The summed E-state index contributed by atoms with van der Waals surface area (Å²) in [5, 5.41) is 4.21. The van der Waals surface area contributed by atoms with Crippen molar-refractivity contribution in [1.82, 2.24) is 30.0 Å². The highest BCUT2D eigenvalue weighted by molar-refractivity contribution is 5.52. The van der Waals surface area contributed by atoms with Gasteiger partial charge in [-0.25, -0.2) is 0 Å². The van der Waals surface area contributed by atoms with Gasteiger partial charge in [-0.15, -0.1) is 0 Å². The average Bonchev–Trinajstić information content (AvgIpc) is 3.43. The van der Waals surface area contributed by atoms with Crippen LogP contribution in [0.4, 0.5) is 0 Å². The summed E-state index contributed by atoms with van der Waals surface area (Å²) in [6.07, 6.45) is 10.9. The Morgan fingerprint density at radius 2 is 1.66 bits per heavy atom. The summed E-state index contributed by atoms with van der Waals surface area (Å²) < 4.78 is 5.71. The molecule has 4 aromatic rings. The minimum Gasteiger partial charge on any atom is -0.339 e. The Hall–Kier alpha value is -3.45. The van der Waals surface area contributed by atoms with Gasteiger partial charge in [0.25, 0.3) is 0 Å². The monoisotopic (exact) mass is 384 g/mol. The molecule has 5 heterocycles. The van der Waals surface area contributed by atoms with E-state index >= 15 is 0 Å². The third-order valence-electron chi connectivity index (χ3n) is 5.33. The van der Waals surface area contributed by atoms with E-state index in [1.54, 1.807) is 24.8 Å². The molecule has 29 heavy (non-hydrogen) atoms. The number of likely N-dealkylation sites (tertiary alicyclic amines) is 1. The topological polar surface area (TPSA) is 80.8 Å². The summed E-state index contributed by atoms with van der Waals surface area (Å²) in [6, 6.07) is 12.0. The maximum absolute atomic E-state index is 5.71. The van der Waals surface area contributed by atoms with Crippen molar-refractivity contribution < 1.29 is 4.52 Å². The Kier molecular flexibility index (Phi) is 4.80. The minimum absolute atomic E-state index is 0.110. The first kappa shape index (κ1) is 17.6. The Balaban J connectivity index is 1.43. The van der Waals surface area contributed by atoms with Crippen LogP contribution in [-0.4, -0.2) is 43.1 Å². The average molecular weight is 384 g/mol. The van der Waals surface area contributed by atoms with Crippen LogP contribution in [0.2, 0.25) is 0 Å². The largest absolute Gasteiger partial charge is 0.339 e. The lowest BCUT2D eigenvalue weighted by molar-refractivity contribution is 0.309. The molecule has 7 nitrogen and oxygen atoms in total. The number of nitrogens with zero attached hydrogens (tertiary/aromatic N) is 6. The number of rotatable bonds is 5. The zero-order valence-corrected chi connectivity index (χ0v) is 15.8. The van der Waals surface area contributed by atoms with Crippen LogP contribution < -0.4 is 0 Å². The van der Waals surface area contributed by atoms with Crippen molar-refractivity contribution in [3.63, 3.8) is 0 Å². The fourth-order valence-electron chi connectivity index (χ4n) is 3.95. The van der Waals surface area contributed by atoms with Crippen molar-refractivity contribution in [2.75, 3.05) is 13.1 Å². The number of pyridine rings is 3. The maximum Gasteiger partial charge on any atom is 0.232 e. The predicted molar refractivity (Wildman–Crippen MR) is 107 cm³/mol. The van der Waals surface area contributed by atoms with Crippen LogP contribution in [0, 0.1) is 0 Å². The number of hydrogen-bond acceptors (Lipinski definition) is 7. The molecule has 0 radical (unpaired) electrons. The van der Waals surface area contributed by atoms with Crippen LogP contribution >= 0.6 is 0 Å². The van der Waals surface area contributed by atoms with Crippen molar-refractivity contribution in [3.05, 3.63) is 90.6 Å². The second kappa shape index (κ2) is 7.89. The third-order valence-corrected chi connectivity index (χ3v) is 5.33. The van der Waals surface area contributed by atoms with E-state index in [0.29, 0.717) is 11.7 Å². The molecular weight excluding hydrogens is 364 g/mol. The lowest BCUT2D eigenvalue weighted by Gasteiger charge is -2.15. The molecule has 1 saturated heterocycles. The molecular formula is C22H20N6O. The summed E-state index contributed by atoms with van der Waals surface area (Å²) in [5.74, 6) is 1.61. The van der Waals surface area contributed by atoms with Gasteiger partial charge in [0.05, 0.1) is 5.92 Å². The van der Waals surface area contributed by atoms with Crippen molar-refractivity contribution >= 4 is 0 Å². The zero-order valence-electron chi connectivity index (χ0n) is 15.8. The molecule has 5 rings (SSSR count). The molecule has 4 aromatic heterocycles. The van der Waals surface area contributed by atoms with Crippen molar-refractivity contribution in [3.8, 4) is 11.4 Å². The molecule has 144 valence electrons. The predicted octanol–water partition coefficient (Wildman–Crippen LogP) is 3.30. The van der Waals surface area contributed by atoms with E-state index in [-0.39, 0.29) is 11.8 Å². The van der Waals surface area contributed by atoms with E-state index in [1.807, 2.05) is 36.7 Å². The fraction of sp³-hybridized carbons (Fsp3) is 0.227. The van der Waals surface area contributed by atoms with E-state index in [1.165, 1.54) is 11.1 Å². The number of aromatic nitrogens is 5. The lowest BCUT2D eigenvalue weighted by Crippen LogP contribution is -2.20. The van der Waals surface area contributed by atoms with Gasteiger partial charge in [-0.1, -0.05) is 17.3 Å². The second-order valence-corrected chi connectivity index (χ2v) is 7.25. The Morgan fingerprint density at radius 1 is 0.862 bits per heavy atom. The first-order chi connectivity index (χ1) is 14.4. The molecule has 1 aliphatic rings. The summed E-state index contributed by atoms with van der Waals surface area (Å²) >= 11 is 0. The molecule has 0 aliphatic carbocycles. The molecule has 0 saturated carbocycles. The fourth-order valence-corrected chi connectivity index (χ4v) is 3.95. The molecule has 7 heteroatoms. The van der Waals surface area contributed by atoms with Gasteiger partial charge in [0.1, 0.15) is 0 Å². The van der Waals surface area contributed by atoms with Crippen molar-refractivity contribution in [1.29, 1.82) is 0 Å². The lowest BCUT2D eigenvalue weighted by atomic mass is 9.90. The third kappa shape index (κ3) is 3.77. The molecule has 1 aliphatic heterocycles. The zero-order chi connectivity index (χ0) is 19.5. The molecule has 2 atom stereocenters. The summed E-state index contributed by atoms with van der Waals surface area (Å²) in [7, 11) is 0. The van der Waals surface area contributed by atoms with E-state index < -0.39 is 0 Å². The highest BCUT2D eigenvalue weighted by atomic mass is 16.5. The highest BCUT2D eigenvalue weighted by Gasteiger charge is 2.38. The van der Waals surface area contributed by atoms with Crippen LogP contribution in [0.15, 0.2) is 78.1 Å². The first-order valence-electron chi connectivity index (χ1n) is 9.62. The SMILES string of the molecule is c1cncc(CN2C[C@@H](c3cccnc3)[C@H](c3nc(-c4ccncc4)no3)C2)c1. The highest BCUT2D eigenvalue weighted by Crippen LogP contribution is 2.39. The standard InChI is InChI=1S/C22H20N6O/c1-3-16(11-24-7-1)13-28-14-19(18-4-2-8-25-12-18)20(15-28)22-26-21(27-29-22)17-5-9-23-10-6-17/h1-12,19-20H,13-15H2/t19-,20+/m0/s1. The van der Waals surface area contributed by atoms with E-state index in [0.717, 1.165) is 25.2 Å². The van der Waals surface area contributed by atoms with E-state index in [9.17, 15) is 0 Å². The molecule has 0 amide bonds. The van der Waals surface area contributed by atoms with Gasteiger partial charge in [-0.2, -0.15) is 4.98 Å². The first-order valence-corrected chi connectivity index (χ1v) is 9.62. The van der Waals surface area contributed by atoms with Gasteiger partial charge in [0.2, 0.25) is 11.7 Å². The van der Waals surface area contributed by atoms with Crippen LogP contribution in [0.1, 0.15) is 28.9 Å². The second-order valence-electron chi connectivity index (χ2n) is 7.25. The van der Waals surface area contributed by atoms with Crippen molar-refractivity contribution in [2.45, 2.75) is 18.4 Å². The molecule has 0 bridgehead atoms. The Bertz CT molecular complexity index is 1050. The van der Waals surface area contributed by atoms with Gasteiger partial charge >= 0.3 is 0 Å². The molecule has 0 aromatic carbocycles. The quantitative estimate of drug-likeness (QED) is 0.522. The molecule has 1 fully saturated rings. The Labute approximate surface area is 168 Å². The molecule has 0 unspecified atom stereocenters. The normalized spacial score (nSPS) is 19.4. The van der Waals surface area contributed by atoms with Crippen LogP contribution in [0.3, 0.4) is 0 Å². The van der Waals surface area contributed by atoms with Crippen molar-refractivity contribution in [2.24, 2.45) is 0 Å². The van der Waals surface area contributed by atoms with Crippen LogP contribution in [0.25, 0.3) is 11.4 Å². The Morgan fingerprint density at radius 3 is 2.41 bits per heavy atom. The minimum atomic E-state index is 0.110. The van der Waals surface area contributed by atoms with Gasteiger partial charge in [0.15, 0.2) is 0 Å². The van der Waals surface area contributed by atoms with Crippen LogP contribution in [-0.2, 0) is 6.54 Å². The smallest absolute Gasteiger partial charge is 0.232 e. The van der Waals surface area contributed by atoms with E-state index in [2.05, 4.69) is 37.1 Å². The summed E-state index contributed by atoms with van der Waals surface area (Å²) in [4.78, 5) is 19.7. The molecule has 0 N–H and O–H groups in total. The summed E-state index contributed by atoms with van der Waals surface area (Å²) in [6.45, 7) is 2.58. The van der Waals surface area contributed by atoms with Gasteiger partial charge in [-0.05, 0) is 35.4 Å². The number of hydrogen-bond donors (Lipinski definition) is 0. The maximum atomic E-state index is 5.71.